The third kappa shape index (κ3) is 4.64. The van der Waals surface area contributed by atoms with E-state index in [4.69, 9.17) is 4.74 Å². The molecule has 0 bridgehead atoms. The summed E-state index contributed by atoms with van der Waals surface area (Å²) >= 11 is 0. The van der Waals surface area contributed by atoms with E-state index in [9.17, 15) is 14.4 Å². The molecule has 0 radical (unpaired) electrons. The lowest BCUT2D eigenvalue weighted by atomic mass is 10.1. The van der Waals surface area contributed by atoms with E-state index < -0.39 is 0 Å². The van der Waals surface area contributed by atoms with Crippen LogP contribution in [0, 0.1) is 0 Å². The van der Waals surface area contributed by atoms with Gasteiger partial charge in [0.2, 0.25) is 5.91 Å². The number of benzene rings is 1. The standard InChI is InChI=1S/C18H24N2O4/c1-2-3-12-24-13-6-10-19-16(21)9-11-20-17(22)14-7-4-5-8-15(14)18(20)23/h4-5,7-8H,2-3,6,9-13H2,1H3,(H,19,21). The highest BCUT2D eigenvalue weighted by atomic mass is 16.5. The van der Waals surface area contributed by atoms with E-state index in [1.165, 1.54) is 0 Å². The van der Waals surface area contributed by atoms with Gasteiger partial charge in [-0.1, -0.05) is 25.5 Å². The van der Waals surface area contributed by atoms with E-state index in [2.05, 4.69) is 12.2 Å². The molecule has 0 saturated heterocycles. The maximum Gasteiger partial charge on any atom is 0.261 e. The molecule has 0 aliphatic carbocycles. The first-order valence-electron chi connectivity index (χ1n) is 8.44. The average molecular weight is 332 g/mol. The zero-order valence-corrected chi connectivity index (χ0v) is 14.0. The van der Waals surface area contributed by atoms with E-state index in [1.807, 2.05) is 0 Å². The largest absolute Gasteiger partial charge is 0.381 e. The van der Waals surface area contributed by atoms with Gasteiger partial charge in [0.05, 0.1) is 11.1 Å². The topological polar surface area (TPSA) is 75.7 Å². The number of carbonyl (C=O) groups is 3. The summed E-state index contributed by atoms with van der Waals surface area (Å²) in [7, 11) is 0. The summed E-state index contributed by atoms with van der Waals surface area (Å²) in [6.45, 7) is 4.12. The third-order valence-corrected chi connectivity index (χ3v) is 3.87. The van der Waals surface area contributed by atoms with E-state index in [1.54, 1.807) is 24.3 Å². The highest BCUT2D eigenvalue weighted by molar-refractivity contribution is 6.21. The van der Waals surface area contributed by atoms with Gasteiger partial charge in [0.25, 0.3) is 11.8 Å². The molecule has 24 heavy (non-hydrogen) atoms. The molecule has 0 aromatic heterocycles. The van der Waals surface area contributed by atoms with E-state index in [-0.39, 0.29) is 30.7 Å². The maximum absolute atomic E-state index is 12.2. The van der Waals surface area contributed by atoms with Gasteiger partial charge in [-0.15, -0.1) is 0 Å². The maximum atomic E-state index is 12.2. The van der Waals surface area contributed by atoms with Crippen LogP contribution in [0.5, 0.6) is 0 Å². The van der Waals surface area contributed by atoms with Gasteiger partial charge in [-0.3, -0.25) is 19.3 Å². The Hall–Kier alpha value is -2.21. The minimum absolute atomic E-state index is 0.102. The first-order valence-corrected chi connectivity index (χ1v) is 8.44. The molecule has 0 spiro atoms. The number of unbranched alkanes of at least 4 members (excludes halogenated alkanes) is 1. The van der Waals surface area contributed by atoms with Crippen molar-refractivity contribution in [3.8, 4) is 0 Å². The Kier molecular flexibility index (Phi) is 6.93. The molecule has 1 aliphatic rings. The molecule has 1 heterocycles. The second kappa shape index (κ2) is 9.17. The van der Waals surface area contributed by atoms with Crippen LogP contribution in [0.25, 0.3) is 0 Å². The number of amides is 3. The molecule has 0 atom stereocenters. The Morgan fingerprint density at radius 1 is 1.08 bits per heavy atom. The van der Waals surface area contributed by atoms with Crippen LogP contribution in [0.1, 0.15) is 53.3 Å². The van der Waals surface area contributed by atoms with Crippen molar-refractivity contribution >= 4 is 17.7 Å². The lowest BCUT2D eigenvalue weighted by Gasteiger charge is -2.13. The van der Waals surface area contributed by atoms with Crippen molar-refractivity contribution in [2.24, 2.45) is 0 Å². The summed E-state index contributed by atoms with van der Waals surface area (Å²) in [4.78, 5) is 37.3. The van der Waals surface area contributed by atoms with Crippen molar-refractivity contribution in [1.29, 1.82) is 0 Å². The Morgan fingerprint density at radius 2 is 1.71 bits per heavy atom. The second-order valence-corrected chi connectivity index (χ2v) is 5.73. The quantitative estimate of drug-likeness (QED) is 0.525. The minimum atomic E-state index is -0.326. The predicted octanol–water partition coefficient (Wildman–Crippen LogP) is 2.00. The zero-order chi connectivity index (χ0) is 17.4. The van der Waals surface area contributed by atoms with Crippen LogP contribution in [0.2, 0.25) is 0 Å². The Labute approximate surface area is 142 Å². The fraction of sp³-hybridized carbons (Fsp3) is 0.500. The van der Waals surface area contributed by atoms with Crippen molar-refractivity contribution < 1.29 is 19.1 Å². The number of carbonyl (C=O) groups excluding carboxylic acids is 3. The van der Waals surface area contributed by atoms with Gasteiger partial charge in [-0.05, 0) is 25.0 Å². The van der Waals surface area contributed by atoms with Gasteiger partial charge >= 0.3 is 0 Å². The molecule has 130 valence electrons. The van der Waals surface area contributed by atoms with Gasteiger partial charge in [0, 0.05) is 32.7 Å². The SMILES string of the molecule is CCCCOCCCNC(=O)CCN1C(=O)c2ccccc2C1=O. The van der Waals surface area contributed by atoms with Crippen LogP contribution in [-0.4, -0.2) is 48.9 Å². The lowest BCUT2D eigenvalue weighted by Crippen LogP contribution is -2.35. The summed E-state index contributed by atoms with van der Waals surface area (Å²) in [5.41, 5.74) is 0.819. The number of nitrogens with one attached hydrogen (secondary N) is 1. The third-order valence-electron chi connectivity index (χ3n) is 3.87. The average Bonchev–Trinajstić information content (AvgIpc) is 2.84. The van der Waals surface area contributed by atoms with Crippen molar-refractivity contribution in [3.63, 3.8) is 0 Å². The summed E-state index contributed by atoms with van der Waals surface area (Å²) in [6.07, 6.45) is 3.02. The van der Waals surface area contributed by atoms with Crippen LogP contribution < -0.4 is 5.32 Å². The normalized spacial score (nSPS) is 13.3. The molecule has 0 saturated carbocycles. The van der Waals surface area contributed by atoms with Crippen LogP contribution in [0.4, 0.5) is 0 Å². The smallest absolute Gasteiger partial charge is 0.261 e. The molecule has 6 heteroatoms. The molecule has 0 unspecified atom stereocenters. The predicted molar refractivity (Wildman–Crippen MR) is 89.8 cm³/mol. The highest BCUT2D eigenvalue weighted by Gasteiger charge is 2.34. The van der Waals surface area contributed by atoms with Crippen LogP contribution in [0.3, 0.4) is 0 Å². The monoisotopic (exact) mass is 332 g/mol. The molecule has 1 aliphatic heterocycles. The molecule has 1 aromatic carbocycles. The van der Waals surface area contributed by atoms with Gasteiger partial charge in [-0.25, -0.2) is 0 Å². The van der Waals surface area contributed by atoms with E-state index in [0.29, 0.717) is 24.3 Å². The van der Waals surface area contributed by atoms with Crippen molar-refractivity contribution in [1.82, 2.24) is 10.2 Å². The molecule has 1 N–H and O–H groups in total. The number of fused-ring (bicyclic) bond motifs is 1. The molecule has 6 nitrogen and oxygen atoms in total. The molecule has 0 fully saturated rings. The number of nitrogens with zero attached hydrogens (tertiary/aromatic N) is 1. The van der Waals surface area contributed by atoms with Crippen molar-refractivity contribution in [2.45, 2.75) is 32.6 Å². The summed E-state index contributed by atoms with van der Waals surface area (Å²) in [6, 6.07) is 6.72. The lowest BCUT2D eigenvalue weighted by molar-refractivity contribution is -0.121. The van der Waals surface area contributed by atoms with Crippen LogP contribution in [0.15, 0.2) is 24.3 Å². The van der Waals surface area contributed by atoms with Crippen molar-refractivity contribution in [2.75, 3.05) is 26.3 Å². The van der Waals surface area contributed by atoms with Gasteiger partial charge in [0.1, 0.15) is 0 Å². The molecule has 3 amide bonds. The molecule has 2 rings (SSSR count). The van der Waals surface area contributed by atoms with Crippen molar-refractivity contribution in [3.05, 3.63) is 35.4 Å². The number of imide groups is 1. The minimum Gasteiger partial charge on any atom is -0.381 e. The fourth-order valence-corrected chi connectivity index (χ4v) is 2.49. The highest BCUT2D eigenvalue weighted by Crippen LogP contribution is 2.22. The number of ether oxygens (including phenoxy) is 1. The Balaban J connectivity index is 1.66. The summed E-state index contributed by atoms with van der Waals surface area (Å²) in [5, 5.41) is 2.78. The summed E-state index contributed by atoms with van der Waals surface area (Å²) in [5.74, 6) is -0.819. The first kappa shape index (κ1) is 18.1. The van der Waals surface area contributed by atoms with Crippen LogP contribution >= 0.6 is 0 Å². The molecular formula is C18H24N2O4. The van der Waals surface area contributed by atoms with Gasteiger partial charge in [0.15, 0.2) is 0 Å². The van der Waals surface area contributed by atoms with Gasteiger partial charge < -0.3 is 10.1 Å². The molecule has 1 aromatic rings. The van der Waals surface area contributed by atoms with Crippen LogP contribution in [-0.2, 0) is 9.53 Å². The number of hydrogen-bond acceptors (Lipinski definition) is 4. The fourth-order valence-electron chi connectivity index (χ4n) is 2.49. The second-order valence-electron chi connectivity index (χ2n) is 5.73. The molecular weight excluding hydrogens is 308 g/mol. The number of rotatable bonds is 10. The zero-order valence-electron chi connectivity index (χ0n) is 14.0. The summed E-state index contributed by atoms with van der Waals surface area (Å²) < 4.78 is 5.41. The van der Waals surface area contributed by atoms with E-state index in [0.717, 1.165) is 30.8 Å². The first-order chi connectivity index (χ1) is 11.6. The Morgan fingerprint density at radius 3 is 2.33 bits per heavy atom. The van der Waals surface area contributed by atoms with E-state index >= 15 is 0 Å². The number of hydrogen-bond donors (Lipinski definition) is 1. The Bertz CT molecular complexity index is 565. The van der Waals surface area contributed by atoms with Gasteiger partial charge in [-0.2, -0.15) is 0 Å².